The number of carboxylic acid groups (broad SMARTS) is 1. The van der Waals surface area contributed by atoms with Crippen LogP contribution in [-0.4, -0.2) is 28.9 Å². The van der Waals surface area contributed by atoms with Crippen molar-refractivity contribution >= 4 is 23.4 Å². The molecule has 0 bridgehead atoms. The molecular weight excluding hydrogens is 246 g/mol. The Labute approximate surface area is 102 Å². The molecule has 92 valence electrons. The summed E-state index contributed by atoms with van der Waals surface area (Å²) in [5, 5.41) is 19.2. The van der Waals surface area contributed by atoms with Crippen molar-refractivity contribution in [1.29, 1.82) is 0 Å². The maximum absolute atomic E-state index is 10.8. The Morgan fingerprint density at radius 3 is 2.82 bits per heavy atom. The van der Waals surface area contributed by atoms with Gasteiger partial charge in [-0.3, -0.25) is 14.9 Å². The quantitative estimate of drug-likeness (QED) is 0.618. The summed E-state index contributed by atoms with van der Waals surface area (Å²) in [5.74, 6) is -0.254. The van der Waals surface area contributed by atoms with Crippen molar-refractivity contribution in [3.63, 3.8) is 0 Å². The highest BCUT2D eigenvalue weighted by Crippen LogP contribution is 2.27. The first-order valence-corrected chi connectivity index (χ1v) is 5.81. The van der Waals surface area contributed by atoms with Gasteiger partial charge in [0.2, 0.25) is 0 Å². The minimum Gasteiger partial charge on any atom is -0.497 e. The summed E-state index contributed by atoms with van der Waals surface area (Å²) in [5.41, 5.74) is 0.435. The molecule has 1 aromatic rings. The molecule has 0 aliphatic rings. The van der Waals surface area contributed by atoms with Gasteiger partial charge in [-0.05, 0) is 12.1 Å². The zero-order chi connectivity index (χ0) is 12.8. The summed E-state index contributed by atoms with van der Waals surface area (Å²) in [7, 11) is 1.47. The molecule has 0 fully saturated rings. The van der Waals surface area contributed by atoms with Gasteiger partial charge in [0.25, 0.3) is 5.69 Å². The first kappa shape index (κ1) is 13.3. The summed E-state index contributed by atoms with van der Waals surface area (Å²) in [6.45, 7) is 0. The summed E-state index contributed by atoms with van der Waals surface area (Å²) in [4.78, 5) is 20.6. The van der Waals surface area contributed by atoms with Gasteiger partial charge >= 0.3 is 5.97 Å². The van der Waals surface area contributed by atoms with Gasteiger partial charge in [0.05, 0.1) is 17.8 Å². The molecule has 0 spiro atoms. The molecule has 1 aromatic carbocycles. The molecule has 7 heteroatoms. The van der Waals surface area contributed by atoms with Crippen LogP contribution < -0.4 is 4.74 Å². The van der Waals surface area contributed by atoms with Crippen LogP contribution in [0.1, 0.15) is 5.56 Å². The standard InChI is InChI=1S/C10H11NO5S/c1-16-8-2-3-9(11(14)15)7(4-8)5-17-6-10(12)13/h2-4H,5-6H2,1H3,(H,12,13). The van der Waals surface area contributed by atoms with E-state index in [1.54, 1.807) is 6.07 Å². The monoisotopic (exact) mass is 257 g/mol. The van der Waals surface area contributed by atoms with E-state index in [2.05, 4.69) is 0 Å². The Hall–Kier alpha value is -1.76. The highest BCUT2D eigenvalue weighted by Gasteiger charge is 2.14. The fourth-order valence-corrected chi connectivity index (χ4v) is 1.96. The van der Waals surface area contributed by atoms with Gasteiger partial charge in [0.15, 0.2) is 0 Å². The number of hydrogen-bond donors (Lipinski definition) is 1. The molecule has 6 nitrogen and oxygen atoms in total. The lowest BCUT2D eigenvalue weighted by Gasteiger charge is -2.05. The van der Waals surface area contributed by atoms with Gasteiger partial charge in [0.1, 0.15) is 5.75 Å². The van der Waals surface area contributed by atoms with E-state index in [0.29, 0.717) is 11.3 Å². The number of benzene rings is 1. The SMILES string of the molecule is COc1ccc([N+](=O)[O-])c(CSCC(=O)O)c1. The van der Waals surface area contributed by atoms with Gasteiger partial charge in [-0.15, -0.1) is 11.8 Å². The molecule has 0 amide bonds. The normalized spacial score (nSPS) is 9.94. The molecule has 0 saturated heterocycles. The van der Waals surface area contributed by atoms with E-state index < -0.39 is 10.9 Å². The minimum atomic E-state index is -0.944. The van der Waals surface area contributed by atoms with Gasteiger partial charge in [-0.2, -0.15) is 0 Å². The molecule has 0 unspecified atom stereocenters. The van der Waals surface area contributed by atoms with Crippen LogP contribution in [0.5, 0.6) is 5.75 Å². The number of nitro benzene ring substituents is 1. The van der Waals surface area contributed by atoms with Gasteiger partial charge in [-0.1, -0.05) is 0 Å². The Bertz CT molecular complexity index is 435. The number of carboxylic acids is 1. The second-order valence-electron chi connectivity index (χ2n) is 3.14. The predicted molar refractivity (Wildman–Crippen MR) is 63.4 cm³/mol. The number of nitrogens with zero attached hydrogens (tertiary/aromatic N) is 1. The molecule has 0 aromatic heterocycles. The Morgan fingerprint density at radius 1 is 1.59 bits per heavy atom. The summed E-state index contributed by atoms with van der Waals surface area (Å²) in [6.07, 6.45) is 0. The van der Waals surface area contributed by atoms with Crippen molar-refractivity contribution in [2.75, 3.05) is 12.9 Å². The smallest absolute Gasteiger partial charge is 0.313 e. The number of ether oxygens (including phenoxy) is 1. The maximum Gasteiger partial charge on any atom is 0.313 e. The number of hydrogen-bond acceptors (Lipinski definition) is 5. The highest BCUT2D eigenvalue weighted by atomic mass is 32.2. The lowest BCUT2D eigenvalue weighted by Crippen LogP contribution is -2.00. The van der Waals surface area contributed by atoms with Crippen LogP contribution in [0.25, 0.3) is 0 Å². The third kappa shape index (κ3) is 3.95. The highest BCUT2D eigenvalue weighted by molar-refractivity contribution is 7.99. The fraction of sp³-hybridized carbons (Fsp3) is 0.300. The molecule has 17 heavy (non-hydrogen) atoms. The number of carbonyl (C=O) groups is 1. The lowest BCUT2D eigenvalue weighted by molar-refractivity contribution is -0.385. The molecule has 1 N–H and O–H groups in total. The van der Waals surface area contributed by atoms with Crippen LogP contribution in [0.15, 0.2) is 18.2 Å². The van der Waals surface area contributed by atoms with E-state index in [1.165, 1.54) is 19.2 Å². The third-order valence-corrected chi connectivity index (χ3v) is 2.93. The molecule has 0 atom stereocenters. The maximum atomic E-state index is 10.8. The average molecular weight is 257 g/mol. The molecule has 0 radical (unpaired) electrons. The summed E-state index contributed by atoms with van der Waals surface area (Å²) in [6, 6.07) is 4.41. The van der Waals surface area contributed by atoms with Crippen molar-refractivity contribution < 1.29 is 19.6 Å². The van der Waals surface area contributed by atoms with Crippen molar-refractivity contribution in [2.45, 2.75) is 5.75 Å². The second-order valence-corrected chi connectivity index (χ2v) is 4.12. The number of rotatable bonds is 6. The molecule has 0 saturated carbocycles. The lowest BCUT2D eigenvalue weighted by atomic mass is 10.2. The first-order valence-electron chi connectivity index (χ1n) is 4.65. The van der Waals surface area contributed by atoms with Crippen molar-refractivity contribution in [3.05, 3.63) is 33.9 Å². The van der Waals surface area contributed by atoms with E-state index >= 15 is 0 Å². The van der Waals surface area contributed by atoms with Crippen LogP contribution in [0, 0.1) is 10.1 Å². The second kappa shape index (κ2) is 6.09. The topological polar surface area (TPSA) is 89.7 Å². The Balaban J connectivity index is 2.85. The average Bonchev–Trinajstić information content (AvgIpc) is 2.28. The number of thioether (sulfide) groups is 1. The molecular formula is C10H11NO5S. The van der Waals surface area contributed by atoms with Crippen LogP contribution in [-0.2, 0) is 10.5 Å². The van der Waals surface area contributed by atoms with Crippen LogP contribution >= 0.6 is 11.8 Å². The Kier molecular flexibility index (Phi) is 4.77. The minimum absolute atomic E-state index is 0.0244. The fourth-order valence-electron chi connectivity index (χ4n) is 1.23. The zero-order valence-electron chi connectivity index (χ0n) is 9.08. The summed E-state index contributed by atoms with van der Waals surface area (Å²) >= 11 is 1.11. The van der Waals surface area contributed by atoms with E-state index in [9.17, 15) is 14.9 Å². The van der Waals surface area contributed by atoms with Crippen LogP contribution in [0.2, 0.25) is 0 Å². The molecule has 1 rings (SSSR count). The van der Waals surface area contributed by atoms with Crippen LogP contribution in [0.3, 0.4) is 0 Å². The van der Waals surface area contributed by atoms with E-state index in [1.807, 2.05) is 0 Å². The van der Waals surface area contributed by atoms with Gasteiger partial charge in [-0.25, -0.2) is 0 Å². The Morgan fingerprint density at radius 2 is 2.29 bits per heavy atom. The van der Waals surface area contributed by atoms with Crippen molar-refractivity contribution in [3.8, 4) is 5.75 Å². The first-order chi connectivity index (χ1) is 8.04. The van der Waals surface area contributed by atoms with E-state index in [4.69, 9.17) is 9.84 Å². The van der Waals surface area contributed by atoms with E-state index in [-0.39, 0.29) is 17.2 Å². The van der Waals surface area contributed by atoms with Gasteiger partial charge in [0, 0.05) is 17.4 Å². The number of aliphatic carboxylic acids is 1. The van der Waals surface area contributed by atoms with Crippen molar-refractivity contribution in [1.82, 2.24) is 0 Å². The largest absolute Gasteiger partial charge is 0.497 e. The van der Waals surface area contributed by atoms with Crippen molar-refractivity contribution in [2.24, 2.45) is 0 Å². The van der Waals surface area contributed by atoms with Crippen LogP contribution in [0.4, 0.5) is 5.69 Å². The number of methoxy groups -OCH3 is 1. The third-order valence-electron chi connectivity index (χ3n) is 1.97. The zero-order valence-corrected chi connectivity index (χ0v) is 9.90. The summed E-state index contributed by atoms with van der Waals surface area (Å²) < 4.78 is 4.97. The van der Waals surface area contributed by atoms with Gasteiger partial charge < -0.3 is 9.84 Å². The number of nitro groups is 1. The molecule has 0 aliphatic heterocycles. The molecule has 0 heterocycles. The predicted octanol–water partition coefficient (Wildman–Crippen LogP) is 1.92. The molecule has 0 aliphatic carbocycles. The van der Waals surface area contributed by atoms with E-state index in [0.717, 1.165) is 11.8 Å².